The summed E-state index contributed by atoms with van der Waals surface area (Å²) in [5.41, 5.74) is 3.40. The monoisotopic (exact) mass is 424 g/mol. The molecule has 0 aliphatic heterocycles. The highest BCUT2D eigenvalue weighted by Crippen LogP contribution is 2.60. The van der Waals surface area contributed by atoms with E-state index < -0.39 is 10.8 Å². The quantitative estimate of drug-likeness (QED) is 0.463. The number of amides is 1. The van der Waals surface area contributed by atoms with Crippen LogP contribution in [-0.2, 0) is 5.41 Å². The molecule has 6 heteroatoms. The van der Waals surface area contributed by atoms with E-state index in [1.807, 2.05) is 13.0 Å². The maximum Gasteiger partial charge on any atom is 0.270 e. The first-order chi connectivity index (χ1) is 14.3. The molecular weight excluding hydrogens is 400 g/mol. The van der Waals surface area contributed by atoms with Crippen LogP contribution in [0.2, 0.25) is 5.02 Å². The van der Waals surface area contributed by atoms with Gasteiger partial charge in [-0.2, -0.15) is 0 Å². The van der Waals surface area contributed by atoms with Crippen molar-refractivity contribution < 1.29 is 9.72 Å². The molecule has 4 saturated carbocycles. The first kappa shape index (κ1) is 19.6. The Morgan fingerprint density at radius 1 is 1.07 bits per heavy atom. The topological polar surface area (TPSA) is 72.2 Å². The molecule has 0 saturated heterocycles. The lowest BCUT2D eigenvalue weighted by molar-refractivity contribution is -0.384. The maximum absolute atomic E-state index is 12.8. The number of nitrogens with zero attached hydrogens (tertiary/aromatic N) is 1. The number of nitro groups is 1. The van der Waals surface area contributed by atoms with Crippen LogP contribution in [-0.4, -0.2) is 10.8 Å². The zero-order chi connectivity index (χ0) is 21.0. The third-order valence-corrected chi connectivity index (χ3v) is 7.86. The van der Waals surface area contributed by atoms with Crippen molar-refractivity contribution in [3.05, 3.63) is 68.2 Å². The minimum atomic E-state index is -0.529. The largest absolute Gasteiger partial charge is 0.322 e. The molecule has 2 aromatic rings. The zero-order valence-corrected chi connectivity index (χ0v) is 17.7. The van der Waals surface area contributed by atoms with Gasteiger partial charge in [-0.1, -0.05) is 23.7 Å². The normalized spacial score (nSPS) is 29.1. The Labute approximate surface area is 181 Å². The lowest BCUT2D eigenvalue weighted by Crippen LogP contribution is -2.48. The van der Waals surface area contributed by atoms with Crippen LogP contribution < -0.4 is 5.32 Å². The van der Waals surface area contributed by atoms with Crippen LogP contribution in [0.25, 0.3) is 0 Å². The molecule has 30 heavy (non-hydrogen) atoms. The predicted molar refractivity (Wildman–Crippen MR) is 117 cm³/mol. The number of nitro benzene ring substituents is 1. The SMILES string of the molecule is Cc1cc(C23CC4CC(CC(C4)C2)C3)ccc1NC(=O)c1cc([N+](=O)[O-])ccc1Cl. The Hall–Kier alpha value is -2.40. The number of aryl methyl sites for hydroxylation is 1. The smallest absolute Gasteiger partial charge is 0.270 e. The molecular formula is C24H25ClN2O3. The molecule has 0 heterocycles. The molecule has 0 unspecified atom stereocenters. The van der Waals surface area contributed by atoms with Crippen molar-refractivity contribution in [3.63, 3.8) is 0 Å². The second-order valence-electron chi connectivity index (χ2n) is 9.60. The maximum atomic E-state index is 12.8. The average molecular weight is 425 g/mol. The Bertz CT molecular complexity index is 1010. The van der Waals surface area contributed by atoms with Gasteiger partial charge in [0.2, 0.25) is 0 Å². The number of hydrogen-bond acceptors (Lipinski definition) is 3. The van der Waals surface area contributed by atoms with Crippen molar-refractivity contribution in [2.75, 3.05) is 5.32 Å². The molecule has 4 bridgehead atoms. The van der Waals surface area contributed by atoms with E-state index in [-0.39, 0.29) is 16.3 Å². The standard InChI is InChI=1S/C24H25ClN2O3/c1-14-6-18(24-11-15-7-16(12-24)9-17(8-15)13-24)2-5-22(14)26-23(28)20-10-19(27(29)30)3-4-21(20)25/h2-6,10,15-17H,7-9,11-13H2,1H3,(H,26,28). The highest BCUT2D eigenvalue weighted by atomic mass is 35.5. The molecule has 0 aromatic heterocycles. The third kappa shape index (κ3) is 3.29. The average Bonchev–Trinajstić information content (AvgIpc) is 2.68. The van der Waals surface area contributed by atoms with Crippen molar-refractivity contribution >= 4 is 28.9 Å². The summed E-state index contributed by atoms with van der Waals surface area (Å²) in [5, 5.41) is 14.1. The van der Waals surface area contributed by atoms with Gasteiger partial charge in [0, 0.05) is 17.8 Å². The summed E-state index contributed by atoms with van der Waals surface area (Å²) in [4.78, 5) is 23.3. The molecule has 0 spiro atoms. The Kier molecular flexibility index (Phi) is 4.62. The lowest BCUT2D eigenvalue weighted by Gasteiger charge is -2.57. The number of rotatable bonds is 4. The predicted octanol–water partition coefficient (Wildman–Crippen LogP) is 6.28. The zero-order valence-electron chi connectivity index (χ0n) is 17.0. The van der Waals surface area contributed by atoms with Gasteiger partial charge in [0.05, 0.1) is 15.5 Å². The number of halogens is 1. The van der Waals surface area contributed by atoms with Crippen LogP contribution in [0.3, 0.4) is 0 Å². The number of nitrogens with one attached hydrogen (secondary N) is 1. The first-order valence-electron chi connectivity index (χ1n) is 10.7. The highest BCUT2D eigenvalue weighted by molar-refractivity contribution is 6.34. The molecule has 4 aliphatic carbocycles. The van der Waals surface area contributed by atoms with E-state index in [0.29, 0.717) is 5.41 Å². The van der Waals surface area contributed by atoms with Gasteiger partial charge in [-0.25, -0.2) is 0 Å². The minimum Gasteiger partial charge on any atom is -0.322 e. The van der Waals surface area contributed by atoms with E-state index in [2.05, 4.69) is 17.4 Å². The van der Waals surface area contributed by atoms with Crippen molar-refractivity contribution in [3.8, 4) is 0 Å². The van der Waals surface area contributed by atoms with Crippen LogP contribution in [0.15, 0.2) is 36.4 Å². The number of hydrogen-bond donors (Lipinski definition) is 1. The van der Waals surface area contributed by atoms with Crippen LogP contribution in [0, 0.1) is 34.8 Å². The van der Waals surface area contributed by atoms with Crippen molar-refractivity contribution in [2.24, 2.45) is 17.8 Å². The molecule has 6 rings (SSSR count). The lowest BCUT2D eigenvalue weighted by atomic mass is 9.48. The number of carbonyl (C=O) groups excluding carboxylic acids is 1. The number of anilines is 1. The van der Waals surface area contributed by atoms with Gasteiger partial charge < -0.3 is 5.32 Å². The fourth-order valence-electron chi connectivity index (χ4n) is 6.59. The molecule has 0 atom stereocenters. The van der Waals surface area contributed by atoms with Gasteiger partial charge in [-0.3, -0.25) is 14.9 Å². The van der Waals surface area contributed by atoms with Gasteiger partial charge in [-0.05, 0) is 91.9 Å². The molecule has 156 valence electrons. The van der Waals surface area contributed by atoms with Crippen molar-refractivity contribution in [1.82, 2.24) is 0 Å². The van der Waals surface area contributed by atoms with Gasteiger partial charge in [-0.15, -0.1) is 0 Å². The van der Waals surface area contributed by atoms with Gasteiger partial charge in [0.1, 0.15) is 0 Å². The molecule has 0 radical (unpaired) electrons. The van der Waals surface area contributed by atoms with E-state index in [0.717, 1.165) is 29.0 Å². The molecule has 5 nitrogen and oxygen atoms in total. The summed E-state index contributed by atoms with van der Waals surface area (Å²) in [6.45, 7) is 2.01. The van der Waals surface area contributed by atoms with E-state index in [9.17, 15) is 14.9 Å². The summed E-state index contributed by atoms with van der Waals surface area (Å²) in [6.07, 6.45) is 8.14. The Morgan fingerprint density at radius 3 is 2.27 bits per heavy atom. The fourth-order valence-corrected chi connectivity index (χ4v) is 6.79. The van der Waals surface area contributed by atoms with Gasteiger partial charge in [0.25, 0.3) is 11.6 Å². The Balaban J connectivity index is 1.39. The van der Waals surface area contributed by atoms with Crippen molar-refractivity contribution in [2.45, 2.75) is 50.9 Å². The van der Waals surface area contributed by atoms with Crippen LogP contribution in [0.1, 0.15) is 60.0 Å². The summed E-state index contributed by atoms with van der Waals surface area (Å²) in [5.74, 6) is 2.21. The summed E-state index contributed by atoms with van der Waals surface area (Å²) >= 11 is 6.12. The molecule has 2 aromatic carbocycles. The minimum absolute atomic E-state index is 0.107. The molecule has 4 aliphatic rings. The van der Waals surface area contributed by atoms with E-state index in [1.165, 1.54) is 62.3 Å². The molecule has 1 amide bonds. The fraction of sp³-hybridized carbons (Fsp3) is 0.458. The van der Waals surface area contributed by atoms with E-state index in [1.54, 1.807) is 0 Å². The number of benzene rings is 2. The Morgan fingerprint density at radius 2 is 1.70 bits per heavy atom. The summed E-state index contributed by atoms with van der Waals surface area (Å²) in [6, 6.07) is 10.3. The third-order valence-electron chi connectivity index (χ3n) is 7.53. The second kappa shape index (κ2) is 7.09. The number of carbonyl (C=O) groups is 1. The van der Waals surface area contributed by atoms with Crippen LogP contribution in [0.4, 0.5) is 11.4 Å². The van der Waals surface area contributed by atoms with Crippen LogP contribution >= 0.6 is 11.6 Å². The summed E-state index contributed by atoms with van der Waals surface area (Å²) < 4.78 is 0. The van der Waals surface area contributed by atoms with E-state index >= 15 is 0 Å². The molecule has 4 fully saturated rings. The van der Waals surface area contributed by atoms with Crippen LogP contribution in [0.5, 0.6) is 0 Å². The second-order valence-corrected chi connectivity index (χ2v) is 10.0. The van der Waals surface area contributed by atoms with Crippen molar-refractivity contribution in [1.29, 1.82) is 0 Å². The molecule has 1 N–H and O–H groups in total. The van der Waals surface area contributed by atoms with Gasteiger partial charge in [0.15, 0.2) is 0 Å². The number of non-ortho nitro benzene ring substituents is 1. The van der Waals surface area contributed by atoms with E-state index in [4.69, 9.17) is 11.6 Å². The summed E-state index contributed by atoms with van der Waals surface area (Å²) in [7, 11) is 0. The van der Waals surface area contributed by atoms with Gasteiger partial charge >= 0.3 is 0 Å². The highest BCUT2D eigenvalue weighted by Gasteiger charge is 2.51. The first-order valence-corrected chi connectivity index (χ1v) is 11.1.